The third-order valence-corrected chi connectivity index (χ3v) is 2.21. The highest BCUT2D eigenvalue weighted by atomic mass is 16.5. The molecule has 0 atom stereocenters. The maximum Gasteiger partial charge on any atom is 0.224 e. The summed E-state index contributed by atoms with van der Waals surface area (Å²) in [6, 6.07) is 0. The second kappa shape index (κ2) is 4.18. The molecule has 0 saturated carbocycles. The van der Waals surface area contributed by atoms with E-state index >= 15 is 0 Å². The Morgan fingerprint density at radius 1 is 1.33 bits per heavy atom. The fraction of sp³-hybridized carbons (Fsp3) is 1.00. The molecular weight excluding hydrogens is 156 g/mol. The molecule has 4 heteroatoms. The smallest absolute Gasteiger partial charge is 0.224 e. The summed E-state index contributed by atoms with van der Waals surface area (Å²) < 4.78 is 0. The first-order chi connectivity index (χ1) is 5.67. The van der Waals surface area contributed by atoms with Crippen LogP contribution in [-0.4, -0.2) is 47.2 Å². The third-order valence-electron chi connectivity index (χ3n) is 2.21. The molecule has 0 aromatic rings. The number of hydrogen-bond donors (Lipinski definition) is 3. The quantitative estimate of drug-likeness (QED) is 0.497. The summed E-state index contributed by atoms with van der Waals surface area (Å²) in [5.41, 5.74) is 0. The van der Waals surface area contributed by atoms with Gasteiger partial charge in [0.2, 0.25) is 5.91 Å². The summed E-state index contributed by atoms with van der Waals surface area (Å²) in [4.78, 5) is 1.72. The Balaban J connectivity index is 2.41. The van der Waals surface area contributed by atoms with Gasteiger partial charge < -0.3 is 15.5 Å². The maximum absolute atomic E-state index is 9.59. The summed E-state index contributed by atoms with van der Waals surface area (Å²) in [6.45, 7) is 5.06. The molecule has 0 aliphatic carbocycles. The van der Waals surface area contributed by atoms with Crippen LogP contribution in [0, 0.1) is 0 Å². The highest BCUT2D eigenvalue weighted by molar-refractivity contribution is 4.74. The van der Waals surface area contributed by atoms with Gasteiger partial charge >= 0.3 is 0 Å². The van der Waals surface area contributed by atoms with Gasteiger partial charge in [0.15, 0.2) is 0 Å². The molecule has 3 N–H and O–H groups in total. The number of nitrogens with zero attached hydrogens (tertiary/aromatic N) is 1. The minimum Gasteiger partial charge on any atom is -0.353 e. The zero-order chi connectivity index (χ0) is 9.03. The van der Waals surface area contributed by atoms with Crippen molar-refractivity contribution in [3.05, 3.63) is 0 Å². The zero-order valence-corrected chi connectivity index (χ0v) is 7.58. The predicted molar refractivity (Wildman–Crippen MR) is 46.5 cm³/mol. The normalized spacial score (nSPS) is 21.2. The Labute approximate surface area is 73.2 Å². The Morgan fingerprint density at radius 3 is 2.42 bits per heavy atom. The van der Waals surface area contributed by atoms with E-state index in [1.165, 1.54) is 0 Å². The second-order valence-electron chi connectivity index (χ2n) is 3.26. The molecule has 1 fully saturated rings. The summed E-state index contributed by atoms with van der Waals surface area (Å²) in [7, 11) is 0. The van der Waals surface area contributed by atoms with E-state index in [1.54, 1.807) is 4.90 Å². The van der Waals surface area contributed by atoms with Crippen molar-refractivity contribution in [2.45, 2.75) is 25.7 Å². The van der Waals surface area contributed by atoms with Crippen molar-refractivity contribution in [1.82, 2.24) is 10.2 Å². The lowest BCUT2D eigenvalue weighted by Gasteiger charge is -2.37. The van der Waals surface area contributed by atoms with Crippen LogP contribution in [0.15, 0.2) is 0 Å². The van der Waals surface area contributed by atoms with Crippen LogP contribution in [0.1, 0.15) is 19.8 Å². The van der Waals surface area contributed by atoms with Crippen LogP contribution < -0.4 is 5.32 Å². The molecule has 4 nitrogen and oxygen atoms in total. The first-order valence-corrected chi connectivity index (χ1v) is 4.57. The molecule has 0 bridgehead atoms. The van der Waals surface area contributed by atoms with Crippen molar-refractivity contribution in [2.75, 3.05) is 26.2 Å². The van der Waals surface area contributed by atoms with Crippen molar-refractivity contribution in [3.8, 4) is 0 Å². The molecule has 0 radical (unpaired) electrons. The zero-order valence-electron chi connectivity index (χ0n) is 7.58. The summed E-state index contributed by atoms with van der Waals surface area (Å²) in [5, 5.41) is 22.4. The van der Waals surface area contributed by atoms with Crippen molar-refractivity contribution in [1.29, 1.82) is 0 Å². The highest BCUT2D eigenvalue weighted by Crippen LogP contribution is 2.15. The lowest BCUT2D eigenvalue weighted by molar-refractivity contribution is -0.269. The van der Waals surface area contributed by atoms with Gasteiger partial charge in [0.1, 0.15) is 0 Å². The van der Waals surface area contributed by atoms with Crippen LogP contribution >= 0.6 is 0 Å². The van der Waals surface area contributed by atoms with Gasteiger partial charge in [0, 0.05) is 32.6 Å². The standard InChI is InChI=1S/C8H18N2O2/c1-2-3-8(11,12)10-6-4-9-5-7-10/h9,11-12H,2-7H2,1H3. The largest absolute Gasteiger partial charge is 0.353 e. The van der Waals surface area contributed by atoms with E-state index in [2.05, 4.69) is 5.32 Å². The van der Waals surface area contributed by atoms with Crippen LogP contribution in [0.4, 0.5) is 0 Å². The van der Waals surface area contributed by atoms with Crippen LogP contribution in [0.3, 0.4) is 0 Å². The van der Waals surface area contributed by atoms with E-state index in [0.29, 0.717) is 19.5 Å². The molecule has 0 unspecified atom stereocenters. The van der Waals surface area contributed by atoms with Gasteiger partial charge in [-0.2, -0.15) is 0 Å². The van der Waals surface area contributed by atoms with Gasteiger partial charge in [-0.15, -0.1) is 0 Å². The average molecular weight is 174 g/mol. The molecule has 1 aliphatic heterocycles. The molecule has 12 heavy (non-hydrogen) atoms. The SMILES string of the molecule is CCCC(O)(O)N1CCNCC1. The van der Waals surface area contributed by atoms with Crippen LogP contribution in [0.5, 0.6) is 0 Å². The lowest BCUT2D eigenvalue weighted by atomic mass is 10.2. The number of piperazine rings is 1. The van der Waals surface area contributed by atoms with Gasteiger partial charge in [-0.1, -0.05) is 6.92 Å². The van der Waals surface area contributed by atoms with Gasteiger partial charge in [-0.3, -0.25) is 4.90 Å². The van der Waals surface area contributed by atoms with E-state index in [9.17, 15) is 10.2 Å². The van der Waals surface area contributed by atoms with Crippen LogP contribution in [-0.2, 0) is 0 Å². The molecule has 0 spiro atoms. The first kappa shape index (κ1) is 9.92. The van der Waals surface area contributed by atoms with Crippen molar-refractivity contribution in [2.24, 2.45) is 0 Å². The Kier molecular flexibility index (Phi) is 3.46. The Morgan fingerprint density at radius 2 is 1.92 bits per heavy atom. The first-order valence-electron chi connectivity index (χ1n) is 4.57. The van der Waals surface area contributed by atoms with E-state index in [4.69, 9.17) is 0 Å². The second-order valence-corrected chi connectivity index (χ2v) is 3.26. The molecular formula is C8H18N2O2. The Bertz CT molecular complexity index is 133. The molecule has 0 aromatic heterocycles. The average Bonchev–Trinajstić information content (AvgIpc) is 2.06. The summed E-state index contributed by atoms with van der Waals surface area (Å²) in [6.07, 6.45) is 1.21. The number of hydrogen-bond acceptors (Lipinski definition) is 4. The monoisotopic (exact) mass is 174 g/mol. The number of aliphatic hydroxyl groups is 2. The van der Waals surface area contributed by atoms with Gasteiger partial charge in [-0.05, 0) is 6.42 Å². The number of nitrogens with one attached hydrogen (secondary N) is 1. The fourth-order valence-electron chi connectivity index (χ4n) is 1.52. The summed E-state index contributed by atoms with van der Waals surface area (Å²) in [5.74, 6) is -1.59. The maximum atomic E-state index is 9.59. The van der Waals surface area contributed by atoms with Crippen LogP contribution in [0.2, 0.25) is 0 Å². The minimum atomic E-state index is -1.59. The fourth-order valence-corrected chi connectivity index (χ4v) is 1.52. The molecule has 1 rings (SSSR count). The molecule has 1 saturated heterocycles. The highest BCUT2D eigenvalue weighted by Gasteiger charge is 2.31. The van der Waals surface area contributed by atoms with Crippen LogP contribution in [0.25, 0.3) is 0 Å². The molecule has 0 aromatic carbocycles. The molecule has 72 valence electrons. The van der Waals surface area contributed by atoms with Gasteiger partial charge in [-0.25, -0.2) is 0 Å². The van der Waals surface area contributed by atoms with Gasteiger partial charge in [0.05, 0.1) is 0 Å². The Hall–Kier alpha value is -0.160. The summed E-state index contributed by atoms with van der Waals surface area (Å²) >= 11 is 0. The molecule has 1 aliphatic rings. The minimum absolute atomic E-state index is 0.424. The van der Waals surface area contributed by atoms with Crippen molar-refractivity contribution >= 4 is 0 Å². The van der Waals surface area contributed by atoms with E-state index in [0.717, 1.165) is 19.5 Å². The van der Waals surface area contributed by atoms with Crippen molar-refractivity contribution in [3.63, 3.8) is 0 Å². The topological polar surface area (TPSA) is 55.7 Å². The van der Waals surface area contributed by atoms with Gasteiger partial charge in [0.25, 0.3) is 0 Å². The van der Waals surface area contributed by atoms with E-state index in [-0.39, 0.29) is 0 Å². The number of rotatable bonds is 3. The predicted octanol–water partition coefficient (Wildman–Crippen LogP) is -0.670. The molecule has 1 heterocycles. The molecule has 0 amide bonds. The third kappa shape index (κ3) is 2.42. The van der Waals surface area contributed by atoms with E-state index < -0.39 is 5.91 Å². The van der Waals surface area contributed by atoms with Crippen molar-refractivity contribution < 1.29 is 10.2 Å². The van der Waals surface area contributed by atoms with E-state index in [1.807, 2.05) is 6.92 Å². The lowest BCUT2D eigenvalue weighted by Crippen LogP contribution is -2.56.